The van der Waals surface area contributed by atoms with E-state index >= 15 is 0 Å². The second-order valence-corrected chi connectivity index (χ2v) is 20.6. The zero-order valence-corrected chi connectivity index (χ0v) is 38.0. The quantitative estimate of drug-likeness (QED) is 0.155. The van der Waals surface area contributed by atoms with Crippen molar-refractivity contribution in [1.29, 1.82) is 0 Å². The van der Waals surface area contributed by atoms with Crippen LogP contribution in [0.2, 0.25) is 0 Å². The Kier molecular flexibility index (Phi) is 10.5. The first-order valence-corrected chi connectivity index (χ1v) is 22.8. The van der Waals surface area contributed by atoms with Gasteiger partial charge in [-0.2, -0.15) is 0 Å². The van der Waals surface area contributed by atoms with Crippen LogP contribution in [-0.4, -0.2) is 0 Å². The van der Waals surface area contributed by atoms with Gasteiger partial charge in [0.1, 0.15) is 0 Å². The minimum Gasteiger partial charge on any atom is -0.310 e. The van der Waals surface area contributed by atoms with E-state index in [4.69, 9.17) is 0 Å². The molecule has 2 aliphatic carbocycles. The fourth-order valence-electron chi connectivity index (χ4n) is 10.1. The van der Waals surface area contributed by atoms with E-state index in [2.05, 4.69) is 219 Å². The normalized spacial score (nSPS) is 15.0. The van der Waals surface area contributed by atoms with Crippen molar-refractivity contribution in [1.82, 2.24) is 0 Å². The lowest BCUT2D eigenvalue weighted by Gasteiger charge is -2.29. The maximum absolute atomic E-state index is 2.45. The second-order valence-electron chi connectivity index (χ2n) is 20.6. The van der Waals surface area contributed by atoms with E-state index in [1.54, 1.807) is 0 Å². The van der Waals surface area contributed by atoms with Crippen LogP contribution in [0, 0.1) is 6.92 Å². The topological polar surface area (TPSA) is 3.24 Å². The molecule has 0 N–H and O–H groups in total. The molecule has 2 aliphatic rings. The number of hydrogen-bond donors (Lipinski definition) is 0. The molecule has 308 valence electrons. The van der Waals surface area contributed by atoms with Gasteiger partial charge in [-0.15, -0.1) is 0 Å². The smallest absolute Gasteiger partial charge is 0.0465 e. The Balaban J connectivity index is 1.07. The van der Waals surface area contributed by atoms with Gasteiger partial charge in [0.05, 0.1) is 0 Å². The van der Waals surface area contributed by atoms with Gasteiger partial charge < -0.3 is 4.90 Å². The lowest BCUT2D eigenvalue weighted by Crippen LogP contribution is -2.16. The highest BCUT2D eigenvalue weighted by Crippen LogP contribution is 2.51. The number of rotatable bonds is 7. The third kappa shape index (κ3) is 7.89. The van der Waals surface area contributed by atoms with Gasteiger partial charge in [-0.1, -0.05) is 190 Å². The molecule has 7 aromatic rings. The maximum atomic E-state index is 2.45. The molecule has 0 aromatic heterocycles. The fourth-order valence-corrected chi connectivity index (χ4v) is 10.1. The van der Waals surface area contributed by atoms with Crippen LogP contribution in [0.3, 0.4) is 0 Å². The number of benzene rings is 7. The van der Waals surface area contributed by atoms with Gasteiger partial charge in [0.2, 0.25) is 0 Å². The van der Waals surface area contributed by atoms with Gasteiger partial charge in [-0.25, -0.2) is 0 Å². The SMILES string of the molecule is Cc1cc(N(c2ccc(-c3ccc(C4CCCCC4)cc3)cc2)c2ccc3c(c2)C(C)(C)c2ccccc2-3)ccc1-c1ccc(-c2cc(C(C)(C)C)cc(C(C)(C)C)c2)cc1. The summed E-state index contributed by atoms with van der Waals surface area (Å²) < 4.78 is 0. The number of hydrogen-bond acceptors (Lipinski definition) is 1. The molecule has 0 heterocycles. The molecule has 0 spiro atoms. The Bertz CT molecular complexity index is 2660. The van der Waals surface area contributed by atoms with Crippen molar-refractivity contribution < 1.29 is 0 Å². The monoisotopic (exact) mass is 797 g/mol. The van der Waals surface area contributed by atoms with E-state index in [0.717, 1.165) is 17.3 Å². The molecule has 0 bridgehead atoms. The summed E-state index contributed by atoms with van der Waals surface area (Å²) in [6.07, 6.45) is 6.77. The molecular formula is C60H63N. The van der Waals surface area contributed by atoms with Crippen LogP contribution in [-0.2, 0) is 16.2 Å². The Hall–Kier alpha value is -5.66. The number of nitrogens with zero attached hydrogens (tertiary/aromatic N) is 1. The molecule has 9 rings (SSSR count). The van der Waals surface area contributed by atoms with Gasteiger partial charge in [-0.05, 0) is 151 Å². The summed E-state index contributed by atoms with van der Waals surface area (Å²) in [6.45, 7) is 20.9. The van der Waals surface area contributed by atoms with Gasteiger partial charge >= 0.3 is 0 Å². The number of anilines is 3. The molecule has 0 unspecified atom stereocenters. The van der Waals surface area contributed by atoms with Crippen molar-refractivity contribution in [3.63, 3.8) is 0 Å². The third-order valence-corrected chi connectivity index (χ3v) is 13.9. The molecule has 61 heavy (non-hydrogen) atoms. The average molecular weight is 798 g/mol. The molecule has 1 nitrogen and oxygen atoms in total. The largest absolute Gasteiger partial charge is 0.310 e. The number of fused-ring (bicyclic) bond motifs is 3. The second kappa shape index (κ2) is 15.7. The maximum Gasteiger partial charge on any atom is 0.0465 e. The van der Waals surface area contributed by atoms with Gasteiger partial charge in [0, 0.05) is 22.5 Å². The van der Waals surface area contributed by atoms with E-state index in [0.29, 0.717) is 0 Å². The first kappa shape index (κ1) is 40.7. The van der Waals surface area contributed by atoms with Gasteiger partial charge in [0.25, 0.3) is 0 Å². The summed E-state index contributed by atoms with van der Waals surface area (Å²) in [5.74, 6) is 0.719. The Labute approximate surface area is 366 Å². The van der Waals surface area contributed by atoms with Crippen molar-refractivity contribution >= 4 is 17.1 Å². The van der Waals surface area contributed by atoms with Gasteiger partial charge in [-0.3, -0.25) is 0 Å². The van der Waals surface area contributed by atoms with Crippen LogP contribution in [0.5, 0.6) is 0 Å². The number of aryl methyl sites for hydroxylation is 1. The highest BCUT2D eigenvalue weighted by Gasteiger charge is 2.36. The molecule has 0 saturated heterocycles. The molecular weight excluding hydrogens is 735 g/mol. The lowest BCUT2D eigenvalue weighted by atomic mass is 9.79. The zero-order valence-electron chi connectivity index (χ0n) is 38.0. The lowest BCUT2D eigenvalue weighted by molar-refractivity contribution is 0.443. The van der Waals surface area contributed by atoms with E-state index in [1.807, 2.05) is 0 Å². The molecule has 0 radical (unpaired) electrons. The van der Waals surface area contributed by atoms with Gasteiger partial charge in [0.15, 0.2) is 0 Å². The van der Waals surface area contributed by atoms with Crippen LogP contribution in [0.25, 0.3) is 44.5 Å². The highest BCUT2D eigenvalue weighted by molar-refractivity contribution is 5.87. The molecule has 0 atom stereocenters. The van der Waals surface area contributed by atoms with Crippen LogP contribution in [0.1, 0.15) is 127 Å². The summed E-state index contributed by atoms with van der Waals surface area (Å²) in [5.41, 5.74) is 22.1. The van der Waals surface area contributed by atoms with Crippen molar-refractivity contribution in [2.24, 2.45) is 0 Å². The van der Waals surface area contributed by atoms with Crippen molar-refractivity contribution in [3.05, 3.63) is 185 Å². The van der Waals surface area contributed by atoms with E-state index in [1.165, 1.54) is 116 Å². The Morgan fingerprint density at radius 3 is 1.54 bits per heavy atom. The predicted molar refractivity (Wildman–Crippen MR) is 263 cm³/mol. The van der Waals surface area contributed by atoms with Crippen LogP contribution in [0.4, 0.5) is 17.1 Å². The summed E-state index contributed by atoms with van der Waals surface area (Å²) in [6, 6.07) is 58.0. The molecule has 1 saturated carbocycles. The zero-order chi connectivity index (χ0) is 42.7. The van der Waals surface area contributed by atoms with E-state index < -0.39 is 0 Å². The summed E-state index contributed by atoms with van der Waals surface area (Å²) >= 11 is 0. The summed E-state index contributed by atoms with van der Waals surface area (Å²) in [5, 5.41) is 0. The average Bonchev–Trinajstić information content (AvgIpc) is 3.49. The minimum atomic E-state index is -0.0877. The standard InChI is InChI=1S/C60H63N/c1-40-35-51(31-33-53(40)46-25-23-45(24-26-46)47-36-48(58(2,3)4)38-49(37-47)59(5,6)7)61(52-32-34-55-54-17-13-14-18-56(54)60(8,9)57(55)39-52)50-29-27-44(28-30-50)43-21-19-42(20-22-43)41-15-11-10-12-16-41/h13-14,17-39,41H,10-12,15-16H2,1-9H3. The highest BCUT2D eigenvalue weighted by atomic mass is 15.1. The van der Waals surface area contributed by atoms with Crippen LogP contribution < -0.4 is 4.90 Å². The molecule has 0 amide bonds. The molecule has 7 aromatic carbocycles. The minimum absolute atomic E-state index is 0.0754. The van der Waals surface area contributed by atoms with E-state index in [9.17, 15) is 0 Å². The fraction of sp³-hybridized carbons (Fsp3) is 0.300. The summed E-state index contributed by atoms with van der Waals surface area (Å²) in [7, 11) is 0. The predicted octanol–water partition coefficient (Wildman–Crippen LogP) is 17.4. The van der Waals surface area contributed by atoms with Crippen LogP contribution in [0.15, 0.2) is 152 Å². The van der Waals surface area contributed by atoms with E-state index in [-0.39, 0.29) is 16.2 Å². The first-order chi connectivity index (χ1) is 29.1. The summed E-state index contributed by atoms with van der Waals surface area (Å²) in [4.78, 5) is 2.45. The molecule has 0 aliphatic heterocycles. The Morgan fingerprint density at radius 1 is 0.443 bits per heavy atom. The third-order valence-electron chi connectivity index (χ3n) is 13.9. The Morgan fingerprint density at radius 2 is 0.934 bits per heavy atom. The van der Waals surface area contributed by atoms with Crippen LogP contribution >= 0.6 is 0 Å². The van der Waals surface area contributed by atoms with Crippen molar-refractivity contribution in [2.45, 2.75) is 117 Å². The molecule has 1 fully saturated rings. The first-order valence-electron chi connectivity index (χ1n) is 22.8. The van der Waals surface area contributed by atoms with Crippen molar-refractivity contribution in [3.8, 4) is 44.5 Å². The van der Waals surface area contributed by atoms with Crippen molar-refractivity contribution in [2.75, 3.05) is 4.90 Å². The molecule has 1 heteroatoms.